The van der Waals surface area contributed by atoms with Crippen LogP contribution in [0, 0.1) is 19.3 Å². The molecule has 0 fully saturated rings. The minimum absolute atomic E-state index is 0.106. The maximum Gasteiger partial charge on any atom is 0.124 e. The lowest BCUT2D eigenvalue weighted by Gasteiger charge is -2.26. The molecule has 0 atom stereocenters. The number of amidine groups is 1. The molecule has 0 amide bonds. The van der Waals surface area contributed by atoms with E-state index in [0.29, 0.717) is 0 Å². The number of hydrogen-bond donors (Lipinski definition) is 2. The molecule has 0 aromatic heterocycles. The summed E-state index contributed by atoms with van der Waals surface area (Å²) in [5.41, 5.74) is 11.0. The van der Waals surface area contributed by atoms with Crippen molar-refractivity contribution in [1.82, 2.24) is 0 Å². The van der Waals surface area contributed by atoms with Crippen molar-refractivity contribution in [2.45, 2.75) is 20.8 Å². The van der Waals surface area contributed by atoms with Crippen molar-refractivity contribution in [3.8, 4) is 0 Å². The van der Waals surface area contributed by atoms with E-state index in [1.165, 1.54) is 5.56 Å². The smallest absolute Gasteiger partial charge is 0.124 e. The first-order chi connectivity index (χ1) is 9.52. The SMILES string of the molecule is CCN(c1ccc(C)cc1)c1ccc(C)cc1C(=N)N. The lowest BCUT2D eigenvalue weighted by atomic mass is 10.1. The molecule has 104 valence electrons. The second-order valence-electron chi connectivity index (χ2n) is 5.01. The van der Waals surface area contributed by atoms with Crippen LogP contribution in [0.2, 0.25) is 0 Å². The van der Waals surface area contributed by atoms with Gasteiger partial charge in [-0.2, -0.15) is 0 Å². The Morgan fingerprint density at radius 2 is 1.65 bits per heavy atom. The van der Waals surface area contributed by atoms with E-state index in [-0.39, 0.29) is 5.84 Å². The van der Waals surface area contributed by atoms with Crippen molar-refractivity contribution in [2.75, 3.05) is 11.4 Å². The van der Waals surface area contributed by atoms with Gasteiger partial charge in [0, 0.05) is 17.8 Å². The third-order valence-electron chi connectivity index (χ3n) is 3.39. The van der Waals surface area contributed by atoms with Crippen LogP contribution in [0.15, 0.2) is 42.5 Å². The molecule has 0 bridgehead atoms. The fraction of sp³-hybridized carbons (Fsp3) is 0.235. The Balaban J connectivity index is 2.51. The lowest BCUT2D eigenvalue weighted by Crippen LogP contribution is -2.22. The monoisotopic (exact) mass is 267 g/mol. The second kappa shape index (κ2) is 5.78. The zero-order chi connectivity index (χ0) is 14.7. The molecule has 0 saturated carbocycles. The topological polar surface area (TPSA) is 53.1 Å². The number of anilines is 2. The van der Waals surface area contributed by atoms with Gasteiger partial charge in [0.15, 0.2) is 0 Å². The normalized spacial score (nSPS) is 10.3. The molecule has 2 aromatic rings. The van der Waals surface area contributed by atoms with Crippen LogP contribution in [0.25, 0.3) is 0 Å². The number of aryl methyl sites for hydroxylation is 2. The Morgan fingerprint density at radius 3 is 2.20 bits per heavy atom. The summed E-state index contributed by atoms with van der Waals surface area (Å²) in [5.74, 6) is 0.106. The molecule has 20 heavy (non-hydrogen) atoms. The van der Waals surface area contributed by atoms with Gasteiger partial charge < -0.3 is 10.6 Å². The molecule has 3 heteroatoms. The van der Waals surface area contributed by atoms with Gasteiger partial charge in [0.25, 0.3) is 0 Å². The Morgan fingerprint density at radius 1 is 1.05 bits per heavy atom. The summed E-state index contributed by atoms with van der Waals surface area (Å²) in [6.07, 6.45) is 0. The number of benzene rings is 2. The maximum absolute atomic E-state index is 7.79. The van der Waals surface area contributed by atoms with Crippen LogP contribution in [0.4, 0.5) is 11.4 Å². The van der Waals surface area contributed by atoms with Gasteiger partial charge in [-0.05, 0) is 45.0 Å². The molecule has 0 aliphatic rings. The van der Waals surface area contributed by atoms with Crippen molar-refractivity contribution >= 4 is 17.2 Å². The molecule has 0 saturated heterocycles. The quantitative estimate of drug-likeness (QED) is 0.655. The highest BCUT2D eigenvalue weighted by atomic mass is 15.1. The van der Waals surface area contributed by atoms with Gasteiger partial charge in [-0.15, -0.1) is 0 Å². The number of rotatable bonds is 4. The maximum atomic E-state index is 7.79. The highest BCUT2D eigenvalue weighted by molar-refractivity contribution is 6.01. The highest BCUT2D eigenvalue weighted by Gasteiger charge is 2.13. The summed E-state index contributed by atoms with van der Waals surface area (Å²) in [6.45, 7) is 7.02. The van der Waals surface area contributed by atoms with Crippen LogP contribution in [-0.2, 0) is 0 Å². The van der Waals surface area contributed by atoms with Crippen molar-refractivity contribution < 1.29 is 0 Å². The van der Waals surface area contributed by atoms with Crippen molar-refractivity contribution in [2.24, 2.45) is 5.73 Å². The van der Waals surface area contributed by atoms with Gasteiger partial charge in [0.1, 0.15) is 5.84 Å². The van der Waals surface area contributed by atoms with Gasteiger partial charge in [-0.1, -0.05) is 29.3 Å². The van der Waals surface area contributed by atoms with Crippen LogP contribution < -0.4 is 10.6 Å². The first kappa shape index (κ1) is 14.1. The molecule has 2 rings (SSSR count). The summed E-state index contributed by atoms with van der Waals surface area (Å²) < 4.78 is 0. The Hall–Kier alpha value is -2.29. The predicted octanol–water partition coefficient (Wildman–Crippen LogP) is 3.75. The van der Waals surface area contributed by atoms with Gasteiger partial charge in [-0.3, -0.25) is 5.41 Å². The van der Waals surface area contributed by atoms with Crippen LogP contribution in [0.3, 0.4) is 0 Å². The molecule has 0 aliphatic carbocycles. The van der Waals surface area contributed by atoms with Crippen LogP contribution in [0.1, 0.15) is 23.6 Å². The number of nitrogens with one attached hydrogen (secondary N) is 1. The zero-order valence-corrected chi connectivity index (χ0v) is 12.3. The van der Waals surface area contributed by atoms with Crippen LogP contribution >= 0.6 is 0 Å². The molecular formula is C17H21N3. The molecule has 3 N–H and O–H groups in total. The summed E-state index contributed by atoms with van der Waals surface area (Å²) in [4.78, 5) is 2.18. The Kier molecular flexibility index (Phi) is 4.08. The van der Waals surface area contributed by atoms with E-state index in [2.05, 4.69) is 49.1 Å². The van der Waals surface area contributed by atoms with Crippen molar-refractivity contribution in [3.63, 3.8) is 0 Å². The summed E-state index contributed by atoms with van der Waals surface area (Å²) in [6, 6.07) is 14.5. The minimum Gasteiger partial charge on any atom is -0.384 e. The van der Waals surface area contributed by atoms with E-state index in [1.54, 1.807) is 0 Å². The number of nitrogens with two attached hydrogens (primary N) is 1. The Labute approximate surface area is 120 Å². The molecule has 0 spiro atoms. The molecule has 3 nitrogen and oxygen atoms in total. The molecule has 2 aromatic carbocycles. The van der Waals surface area contributed by atoms with E-state index >= 15 is 0 Å². The van der Waals surface area contributed by atoms with E-state index in [1.807, 2.05) is 19.1 Å². The molecule has 0 aliphatic heterocycles. The summed E-state index contributed by atoms with van der Waals surface area (Å²) in [5, 5.41) is 7.79. The third kappa shape index (κ3) is 2.82. The van der Waals surface area contributed by atoms with Gasteiger partial charge in [0.05, 0.1) is 5.69 Å². The molecule has 0 heterocycles. The second-order valence-corrected chi connectivity index (χ2v) is 5.01. The Bertz CT molecular complexity index is 615. The molecule has 0 unspecified atom stereocenters. The van der Waals surface area contributed by atoms with E-state index in [9.17, 15) is 0 Å². The van der Waals surface area contributed by atoms with Crippen molar-refractivity contribution in [1.29, 1.82) is 5.41 Å². The van der Waals surface area contributed by atoms with Crippen LogP contribution in [-0.4, -0.2) is 12.4 Å². The van der Waals surface area contributed by atoms with E-state index in [0.717, 1.165) is 29.0 Å². The summed E-state index contributed by atoms with van der Waals surface area (Å²) >= 11 is 0. The van der Waals surface area contributed by atoms with Gasteiger partial charge in [-0.25, -0.2) is 0 Å². The minimum atomic E-state index is 0.106. The molecular weight excluding hydrogens is 246 g/mol. The van der Waals surface area contributed by atoms with Gasteiger partial charge in [0.2, 0.25) is 0 Å². The average molecular weight is 267 g/mol. The standard InChI is InChI=1S/C17H21N3/c1-4-20(14-8-5-12(2)6-9-14)16-10-7-13(3)11-15(16)17(18)19/h5-11H,4H2,1-3H3,(H3,18,19). The number of nitrogens with zero attached hydrogens (tertiary/aromatic N) is 1. The predicted molar refractivity (Wildman–Crippen MR) is 86.1 cm³/mol. The highest BCUT2D eigenvalue weighted by Crippen LogP contribution is 2.29. The first-order valence-corrected chi connectivity index (χ1v) is 6.82. The lowest BCUT2D eigenvalue weighted by molar-refractivity contribution is 1.02. The fourth-order valence-electron chi connectivity index (χ4n) is 2.32. The van der Waals surface area contributed by atoms with Gasteiger partial charge >= 0.3 is 0 Å². The number of nitrogen functional groups attached to an aromatic ring is 1. The largest absolute Gasteiger partial charge is 0.384 e. The third-order valence-corrected chi connectivity index (χ3v) is 3.39. The number of hydrogen-bond acceptors (Lipinski definition) is 2. The molecule has 0 radical (unpaired) electrons. The van der Waals surface area contributed by atoms with Crippen molar-refractivity contribution in [3.05, 3.63) is 59.2 Å². The van der Waals surface area contributed by atoms with E-state index < -0.39 is 0 Å². The van der Waals surface area contributed by atoms with Crippen LogP contribution in [0.5, 0.6) is 0 Å². The zero-order valence-electron chi connectivity index (χ0n) is 12.3. The first-order valence-electron chi connectivity index (χ1n) is 6.82. The van der Waals surface area contributed by atoms with E-state index in [4.69, 9.17) is 11.1 Å². The summed E-state index contributed by atoms with van der Waals surface area (Å²) in [7, 11) is 0. The fourth-order valence-corrected chi connectivity index (χ4v) is 2.32. The average Bonchev–Trinajstić information content (AvgIpc) is 2.43.